The van der Waals surface area contributed by atoms with E-state index >= 15 is 0 Å². The summed E-state index contributed by atoms with van der Waals surface area (Å²) >= 11 is 0. The van der Waals surface area contributed by atoms with E-state index in [4.69, 9.17) is 0 Å². The Balaban J connectivity index is 2.61. The number of rotatable bonds is 0. The average Bonchev–Trinajstić information content (AvgIpc) is 2.35. The molecule has 1 aromatic heterocycles. The fourth-order valence-electron chi connectivity index (χ4n) is 2.72. The van der Waals surface area contributed by atoms with Crippen LogP contribution in [-0.4, -0.2) is 16.6 Å². The first kappa shape index (κ1) is 11.4. The Morgan fingerprint density at radius 3 is 2.50 bits per heavy atom. The normalized spacial score (nSPS) is 23.4. The van der Waals surface area contributed by atoms with E-state index < -0.39 is 0 Å². The highest BCUT2D eigenvalue weighted by Crippen LogP contribution is 2.46. The minimum absolute atomic E-state index is 0.121. The summed E-state index contributed by atoms with van der Waals surface area (Å²) in [5.41, 5.74) is 1.67. The minimum Gasteiger partial charge on any atom is -0.348 e. The van der Waals surface area contributed by atoms with Gasteiger partial charge in [0.15, 0.2) is 0 Å². The van der Waals surface area contributed by atoms with Gasteiger partial charge in [-0.2, -0.15) is 0 Å². The SMILES string of the molecule is CC1N(C(C)(C)C)c2ncccc2C1(C)C. The molecule has 2 heterocycles. The van der Waals surface area contributed by atoms with Crippen LogP contribution in [0.2, 0.25) is 0 Å². The van der Waals surface area contributed by atoms with Crippen molar-refractivity contribution in [2.75, 3.05) is 4.90 Å². The van der Waals surface area contributed by atoms with Gasteiger partial charge in [-0.3, -0.25) is 0 Å². The van der Waals surface area contributed by atoms with E-state index in [0.29, 0.717) is 6.04 Å². The lowest BCUT2D eigenvalue weighted by Crippen LogP contribution is -2.49. The maximum Gasteiger partial charge on any atom is 0.133 e. The molecule has 0 bridgehead atoms. The van der Waals surface area contributed by atoms with E-state index in [1.165, 1.54) is 5.56 Å². The highest BCUT2D eigenvalue weighted by Gasteiger charge is 2.46. The smallest absolute Gasteiger partial charge is 0.133 e. The molecular formula is C14H22N2. The standard InChI is InChI=1S/C14H22N2/c1-10-14(5,6)11-8-7-9-15-12(11)16(10)13(2,3)4/h7-10H,1-6H3. The van der Waals surface area contributed by atoms with Crippen LogP contribution in [0.3, 0.4) is 0 Å². The van der Waals surface area contributed by atoms with Gasteiger partial charge in [-0.05, 0) is 33.8 Å². The maximum atomic E-state index is 4.58. The summed E-state index contributed by atoms with van der Waals surface area (Å²) in [6.45, 7) is 13.7. The van der Waals surface area contributed by atoms with Crippen molar-refractivity contribution < 1.29 is 0 Å². The number of hydrogen-bond donors (Lipinski definition) is 0. The van der Waals surface area contributed by atoms with Crippen molar-refractivity contribution in [2.24, 2.45) is 0 Å². The third-order valence-corrected chi connectivity index (χ3v) is 3.86. The van der Waals surface area contributed by atoms with Crippen molar-refractivity contribution >= 4 is 5.82 Å². The topological polar surface area (TPSA) is 16.1 Å². The molecule has 2 heteroatoms. The van der Waals surface area contributed by atoms with Crippen LogP contribution in [0, 0.1) is 0 Å². The molecule has 1 unspecified atom stereocenters. The molecule has 0 saturated carbocycles. The third-order valence-electron chi connectivity index (χ3n) is 3.86. The van der Waals surface area contributed by atoms with Crippen LogP contribution in [-0.2, 0) is 5.41 Å². The van der Waals surface area contributed by atoms with Crippen molar-refractivity contribution in [1.82, 2.24) is 4.98 Å². The second-order valence-corrected chi connectivity index (χ2v) is 6.31. The Morgan fingerprint density at radius 1 is 1.31 bits per heavy atom. The van der Waals surface area contributed by atoms with Crippen LogP contribution < -0.4 is 4.90 Å². The van der Waals surface area contributed by atoms with Crippen molar-refractivity contribution in [1.29, 1.82) is 0 Å². The summed E-state index contributed by atoms with van der Waals surface area (Å²) in [4.78, 5) is 7.03. The predicted octanol–water partition coefficient (Wildman–Crippen LogP) is 3.37. The Kier molecular flexibility index (Phi) is 2.30. The molecule has 88 valence electrons. The summed E-state index contributed by atoms with van der Waals surface area (Å²) in [7, 11) is 0. The first-order chi connectivity index (χ1) is 7.26. The largest absolute Gasteiger partial charge is 0.348 e. The fraction of sp³-hybridized carbons (Fsp3) is 0.643. The number of anilines is 1. The minimum atomic E-state index is 0.121. The predicted molar refractivity (Wildman–Crippen MR) is 69.0 cm³/mol. The van der Waals surface area contributed by atoms with Crippen LogP contribution in [0.15, 0.2) is 18.3 Å². The van der Waals surface area contributed by atoms with Crippen molar-refractivity contribution in [3.8, 4) is 0 Å². The van der Waals surface area contributed by atoms with E-state index in [0.717, 1.165) is 5.82 Å². The first-order valence-electron chi connectivity index (χ1n) is 6.01. The van der Waals surface area contributed by atoms with E-state index in [2.05, 4.69) is 57.5 Å². The first-order valence-corrected chi connectivity index (χ1v) is 6.01. The molecule has 0 saturated heterocycles. The van der Waals surface area contributed by atoms with Gasteiger partial charge in [0.25, 0.3) is 0 Å². The highest BCUT2D eigenvalue weighted by molar-refractivity contribution is 5.60. The molecule has 0 aromatic carbocycles. The van der Waals surface area contributed by atoms with Crippen molar-refractivity contribution in [3.63, 3.8) is 0 Å². The van der Waals surface area contributed by atoms with Crippen LogP contribution in [0.4, 0.5) is 5.82 Å². The molecule has 1 aliphatic rings. The van der Waals surface area contributed by atoms with Gasteiger partial charge in [0.1, 0.15) is 5.82 Å². The zero-order chi connectivity index (χ0) is 12.1. The Bertz CT molecular complexity index is 401. The summed E-state index contributed by atoms with van der Waals surface area (Å²) in [6, 6.07) is 4.74. The fourth-order valence-corrected chi connectivity index (χ4v) is 2.72. The molecule has 0 aliphatic carbocycles. The van der Waals surface area contributed by atoms with Gasteiger partial charge in [0, 0.05) is 28.8 Å². The molecule has 0 amide bonds. The van der Waals surface area contributed by atoms with Gasteiger partial charge in [-0.25, -0.2) is 4.98 Å². The number of hydrogen-bond acceptors (Lipinski definition) is 2. The quantitative estimate of drug-likeness (QED) is 0.663. The Hall–Kier alpha value is -1.05. The van der Waals surface area contributed by atoms with Gasteiger partial charge in [-0.1, -0.05) is 19.9 Å². The third kappa shape index (κ3) is 1.43. The molecular weight excluding hydrogens is 196 g/mol. The Labute approximate surface area is 98.7 Å². The number of fused-ring (bicyclic) bond motifs is 1. The maximum absolute atomic E-state index is 4.58. The van der Waals surface area contributed by atoms with Gasteiger partial charge in [0.05, 0.1) is 0 Å². The van der Waals surface area contributed by atoms with Gasteiger partial charge in [0.2, 0.25) is 0 Å². The number of pyridine rings is 1. The summed E-state index contributed by atoms with van der Waals surface area (Å²) in [5, 5.41) is 0. The molecule has 1 aromatic rings. The molecule has 2 rings (SSSR count). The van der Waals surface area contributed by atoms with Gasteiger partial charge < -0.3 is 4.90 Å². The monoisotopic (exact) mass is 218 g/mol. The second kappa shape index (κ2) is 3.22. The van der Waals surface area contributed by atoms with Crippen molar-refractivity contribution in [3.05, 3.63) is 23.9 Å². The number of aromatic nitrogens is 1. The summed E-state index contributed by atoms with van der Waals surface area (Å²) in [5.74, 6) is 1.16. The molecule has 16 heavy (non-hydrogen) atoms. The van der Waals surface area contributed by atoms with Crippen molar-refractivity contribution in [2.45, 2.75) is 58.5 Å². The summed E-state index contributed by atoms with van der Waals surface area (Å²) in [6.07, 6.45) is 1.89. The molecule has 2 nitrogen and oxygen atoms in total. The molecule has 0 fully saturated rings. The number of nitrogens with zero attached hydrogens (tertiary/aromatic N) is 2. The lowest BCUT2D eigenvalue weighted by atomic mass is 9.81. The second-order valence-electron chi connectivity index (χ2n) is 6.31. The zero-order valence-electron chi connectivity index (χ0n) is 11.2. The zero-order valence-corrected chi connectivity index (χ0v) is 11.2. The van der Waals surface area contributed by atoms with Gasteiger partial charge in [-0.15, -0.1) is 0 Å². The molecule has 0 radical (unpaired) electrons. The molecule has 1 aliphatic heterocycles. The van der Waals surface area contributed by atoms with Crippen LogP contribution in [0.1, 0.15) is 47.1 Å². The summed E-state index contributed by atoms with van der Waals surface area (Å²) < 4.78 is 0. The van der Waals surface area contributed by atoms with E-state index in [1.54, 1.807) is 0 Å². The average molecular weight is 218 g/mol. The van der Waals surface area contributed by atoms with E-state index in [-0.39, 0.29) is 11.0 Å². The molecule has 1 atom stereocenters. The molecule has 0 spiro atoms. The van der Waals surface area contributed by atoms with Crippen LogP contribution in [0.5, 0.6) is 0 Å². The highest BCUT2D eigenvalue weighted by atomic mass is 15.3. The van der Waals surface area contributed by atoms with E-state index in [9.17, 15) is 0 Å². The lowest BCUT2D eigenvalue weighted by molar-refractivity contribution is 0.376. The van der Waals surface area contributed by atoms with Crippen LogP contribution in [0.25, 0.3) is 0 Å². The van der Waals surface area contributed by atoms with Gasteiger partial charge >= 0.3 is 0 Å². The lowest BCUT2D eigenvalue weighted by Gasteiger charge is -2.40. The molecule has 0 N–H and O–H groups in total. The Morgan fingerprint density at radius 2 is 1.94 bits per heavy atom. The van der Waals surface area contributed by atoms with E-state index in [1.807, 2.05) is 12.3 Å². The van der Waals surface area contributed by atoms with Crippen LogP contribution >= 0.6 is 0 Å².